The van der Waals surface area contributed by atoms with Crippen LogP contribution in [0.1, 0.15) is 42.0 Å². The molecule has 0 bridgehead atoms. The van der Waals surface area contributed by atoms with E-state index in [-0.39, 0.29) is 6.10 Å². The van der Waals surface area contributed by atoms with Gasteiger partial charge in [-0.15, -0.1) is 11.3 Å². The maximum Gasteiger partial charge on any atom is 0.0609 e. The van der Waals surface area contributed by atoms with Crippen molar-refractivity contribution in [2.45, 2.75) is 44.6 Å². The molecule has 1 heterocycles. The molecule has 13 heavy (non-hydrogen) atoms. The Morgan fingerprint density at radius 2 is 2.15 bits per heavy atom. The Labute approximate surface area is 83.4 Å². The predicted octanol–water partition coefficient (Wildman–Crippen LogP) is 3.08. The molecule has 2 unspecified atom stereocenters. The number of hydrogen-bond donors (Lipinski definition) is 1. The van der Waals surface area contributed by atoms with Crippen LogP contribution in [-0.4, -0.2) is 11.2 Å². The van der Waals surface area contributed by atoms with Gasteiger partial charge in [0.1, 0.15) is 0 Å². The first kappa shape index (κ1) is 9.22. The van der Waals surface area contributed by atoms with Crippen LogP contribution in [-0.2, 0) is 0 Å². The van der Waals surface area contributed by atoms with E-state index in [0.717, 1.165) is 6.42 Å². The molecule has 0 spiro atoms. The Kier molecular flexibility index (Phi) is 2.70. The zero-order valence-electron chi connectivity index (χ0n) is 7.99. The first-order chi connectivity index (χ1) is 6.29. The summed E-state index contributed by atoms with van der Waals surface area (Å²) in [4.78, 5) is 1.38. The highest BCUT2D eigenvalue weighted by atomic mass is 32.1. The van der Waals surface area contributed by atoms with Crippen LogP contribution in [0.5, 0.6) is 0 Å². The van der Waals surface area contributed by atoms with Crippen molar-refractivity contribution < 1.29 is 5.11 Å². The van der Waals surface area contributed by atoms with Gasteiger partial charge in [-0.2, -0.15) is 0 Å². The molecule has 1 aliphatic carbocycles. The molecule has 0 saturated heterocycles. The molecule has 0 amide bonds. The molecular formula is C11H16OS. The molecule has 1 fully saturated rings. The lowest BCUT2D eigenvalue weighted by Crippen LogP contribution is -2.22. The lowest BCUT2D eigenvalue weighted by molar-refractivity contribution is 0.106. The second kappa shape index (κ2) is 3.81. The van der Waals surface area contributed by atoms with Gasteiger partial charge >= 0.3 is 0 Å². The minimum absolute atomic E-state index is 0.0953. The van der Waals surface area contributed by atoms with Gasteiger partial charge in [0.05, 0.1) is 6.10 Å². The van der Waals surface area contributed by atoms with Crippen molar-refractivity contribution >= 4 is 11.3 Å². The third-order valence-corrected chi connectivity index (χ3v) is 3.89. The number of aliphatic hydroxyl groups is 1. The largest absolute Gasteiger partial charge is 0.392 e. The van der Waals surface area contributed by atoms with E-state index in [2.05, 4.69) is 18.4 Å². The molecule has 2 rings (SSSR count). The Morgan fingerprint density at radius 3 is 2.77 bits per heavy atom. The first-order valence-corrected chi connectivity index (χ1v) is 5.89. The summed E-state index contributed by atoms with van der Waals surface area (Å²) >= 11 is 1.79. The Balaban J connectivity index is 2.19. The van der Waals surface area contributed by atoms with Gasteiger partial charge in [0.25, 0.3) is 0 Å². The monoisotopic (exact) mass is 196 g/mol. The van der Waals surface area contributed by atoms with Crippen LogP contribution < -0.4 is 0 Å². The summed E-state index contributed by atoms with van der Waals surface area (Å²) in [6.45, 7) is 2.15. The van der Waals surface area contributed by atoms with E-state index in [1.165, 1.54) is 29.7 Å². The van der Waals surface area contributed by atoms with Gasteiger partial charge < -0.3 is 5.11 Å². The van der Waals surface area contributed by atoms with Gasteiger partial charge in [0.15, 0.2) is 0 Å². The smallest absolute Gasteiger partial charge is 0.0609 e. The molecule has 2 atom stereocenters. The Morgan fingerprint density at radius 1 is 1.38 bits per heavy atom. The summed E-state index contributed by atoms with van der Waals surface area (Å²) < 4.78 is 0. The van der Waals surface area contributed by atoms with Gasteiger partial charge in [-0.1, -0.05) is 12.8 Å². The van der Waals surface area contributed by atoms with Crippen molar-refractivity contribution in [3.05, 3.63) is 21.9 Å². The normalized spacial score (nSPS) is 29.1. The van der Waals surface area contributed by atoms with Crippen LogP contribution in [0.4, 0.5) is 0 Å². The molecule has 0 aromatic carbocycles. The highest BCUT2D eigenvalue weighted by molar-refractivity contribution is 7.10. The van der Waals surface area contributed by atoms with E-state index in [4.69, 9.17) is 0 Å². The Hall–Kier alpha value is -0.340. The number of aryl methyl sites for hydroxylation is 1. The number of rotatable bonds is 1. The predicted molar refractivity (Wildman–Crippen MR) is 56.3 cm³/mol. The maximum atomic E-state index is 9.87. The fraction of sp³-hybridized carbons (Fsp3) is 0.636. The highest BCUT2D eigenvalue weighted by Crippen LogP contribution is 2.36. The van der Waals surface area contributed by atoms with Gasteiger partial charge in [0, 0.05) is 10.8 Å². The molecule has 1 nitrogen and oxygen atoms in total. The quantitative estimate of drug-likeness (QED) is 0.732. The topological polar surface area (TPSA) is 20.2 Å². The number of hydrogen-bond acceptors (Lipinski definition) is 2. The molecule has 1 N–H and O–H groups in total. The second-order valence-electron chi connectivity index (χ2n) is 3.89. The van der Waals surface area contributed by atoms with Crippen molar-refractivity contribution in [3.63, 3.8) is 0 Å². The summed E-state index contributed by atoms with van der Waals surface area (Å²) in [6.07, 6.45) is 4.53. The summed E-state index contributed by atoms with van der Waals surface area (Å²) in [5, 5.41) is 12.0. The summed E-state index contributed by atoms with van der Waals surface area (Å²) in [7, 11) is 0. The summed E-state index contributed by atoms with van der Waals surface area (Å²) in [5.41, 5.74) is 1.39. The van der Waals surface area contributed by atoms with Gasteiger partial charge in [-0.3, -0.25) is 0 Å². The zero-order valence-corrected chi connectivity index (χ0v) is 8.81. The fourth-order valence-electron chi connectivity index (χ4n) is 2.25. The summed E-state index contributed by atoms with van der Waals surface area (Å²) in [5.74, 6) is 0.417. The SMILES string of the molecule is Cc1sccc1C1CCCCC1O. The first-order valence-electron chi connectivity index (χ1n) is 5.01. The molecule has 0 radical (unpaired) electrons. The van der Waals surface area contributed by atoms with Crippen LogP contribution in [0.15, 0.2) is 11.4 Å². The van der Waals surface area contributed by atoms with Crippen LogP contribution in [0.25, 0.3) is 0 Å². The molecule has 1 saturated carbocycles. The average molecular weight is 196 g/mol. The molecule has 72 valence electrons. The van der Waals surface area contributed by atoms with Crippen molar-refractivity contribution in [1.82, 2.24) is 0 Å². The van der Waals surface area contributed by atoms with E-state index >= 15 is 0 Å². The van der Waals surface area contributed by atoms with E-state index in [1.54, 1.807) is 11.3 Å². The van der Waals surface area contributed by atoms with E-state index in [1.807, 2.05) is 0 Å². The lowest BCUT2D eigenvalue weighted by Gasteiger charge is -2.27. The zero-order chi connectivity index (χ0) is 9.26. The maximum absolute atomic E-state index is 9.87. The van der Waals surface area contributed by atoms with E-state index in [9.17, 15) is 5.11 Å². The minimum Gasteiger partial charge on any atom is -0.392 e. The molecule has 0 aliphatic heterocycles. The highest BCUT2D eigenvalue weighted by Gasteiger charge is 2.25. The standard InChI is InChI=1S/C11H16OS/c1-8-9(6-7-13-8)10-4-2-3-5-11(10)12/h6-7,10-12H,2-5H2,1H3. The Bertz CT molecular complexity index is 279. The van der Waals surface area contributed by atoms with Crippen LogP contribution in [0.2, 0.25) is 0 Å². The molecule has 1 aliphatic rings. The minimum atomic E-state index is -0.0953. The van der Waals surface area contributed by atoms with Crippen molar-refractivity contribution in [2.75, 3.05) is 0 Å². The molecule has 2 heteroatoms. The molecule has 1 aromatic rings. The van der Waals surface area contributed by atoms with Crippen LogP contribution >= 0.6 is 11.3 Å². The van der Waals surface area contributed by atoms with Crippen LogP contribution in [0, 0.1) is 6.92 Å². The lowest BCUT2D eigenvalue weighted by atomic mass is 9.82. The number of thiophene rings is 1. The molecular weight excluding hydrogens is 180 g/mol. The average Bonchev–Trinajstić information content (AvgIpc) is 2.52. The third-order valence-electron chi connectivity index (χ3n) is 3.03. The van der Waals surface area contributed by atoms with Crippen molar-refractivity contribution in [3.8, 4) is 0 Å². The summed E-state index contributed by atoms with van der Waals surface area (Å²) in [6, 6.07) is 2.18. The van der Waals surface area contributed by atoms with E-state index in [0.29, 0.717) is 5.92 Å². The fourth-order valence-corrected chi connectivity index (χ4v) is 3.03. The van der Waals surface area contributed by atoms with Gasteiger partial charge in [-0.25, -0.2) is 0 Å². The van der Waals surface area contributed by atoms with Crippen molar-refractivity contribution in [2.24, 2.45) is 0 Å². The van der Waals surface area contributed by atoms with Gasteiger partial charge in [-0.05, 0) is 36.8 Å². The van der Waals surface area contributed by atoms with E-state index < -0.39 is 0 Å². The number of aliphatic hydroxyl groups excluding tert-OH is 1. The second-order valence-corrected chi connectivity index (χ2v) is 5.01. The van der Waals surface area contributed by atoms with Crippen molar-refractivity contribution in [1.29, 1.82) is 0 Å². The van der Waals surface area contributed by atoms with Crippen LogP contribution in [0.3, 0.4) is 0 Å². The van der Waals surface area contributed by atoms with Gasteiger partial charge in [0.2, 0.25) is 0 Å². The molecule has 1 aromatic heterocycles. The third kappa shape index (κ3) is 1.79.